The first-order valence-corrected chi connectivity index (χ1v) is 6.58. The second-order valence-corrected chi connectivity index (χ2v) is 5.71. The fourth-order valence-electron chi connectivity index (χ4n) is 3.31. The predicted octanol–water partition coefficient (Wildman–Crippen LogP) is 4.00. The topological polar surface area (TPSA) is 20.2 Å². The highest BCUT2D eigenvalue weighted by molar-refractivity contribution is 6.42. The highest BCUT2D eigenvalue weighted by atomic mass is 35.5. The van der Waals surface area contributed by atoms with Gasteiger partial charge in [0.2, 0.25) is 0 Å². The molecule has 0 saturated heterocycles. The quantitative estimate of drug-likeness (QED) is 0.806. The first-order valence-electron chi connectivity index (χ1n) is 5.82. The summed E-state index contributed by atoms with van der Waals surface area (Å²) in [5.41, 5.74) is 0.136. The highest BCUT2D eigenvalue weighted by Gasteiger charge is 2.65. The van der Waals surface area contributed by atoms with Crippen LogP contribution in [-0.2, 0) is 5.60 Å². The van der Waals surface area contributed by atoms with E-state index in [2.05, 4.69) is 0 Å². The molecule has 2 saturated carbocycles. The Morgan fingerprint density at radius 2 is 1.75 bits per heavy atom. The Kier molecular flexibility index (Phi) is 2.47. The molecule has 0 amide bonds. The molecule has 3 rings (SSSR count). The summed E-state index contributed by atoms with van der Waals surface area (Å²) in [6, 6.07) is 5.54. The average Bonchev–Trinajstić information content (AvgIpc) is 2.91. The summed E-state index contributed by atoms with van der Waals surface area (Å²) in [6.45, 7) is 0. The van der Waals surface area contributed by atoms with Gasteiger partial charge in [0.25, 0.3) is 0 Å². The van der Waals surface area contributed by atoms with Crippen molar-refractivity contribution in [2.75, 3.05) is 0 Å². The Morgan fingerprint density at radius 3 is 2.38 bits per heavy atom. The first kappa shape index (κ1) is 10.9. The SMILES string of the molecule is OC1(c2cccc(Cl)c2Cl)C2CCCCC21. The monoisotopic (exact) mass is 256 g/mol. The van der Waals surface area contributed by atoms with Gasteiger partial charge in [-0.2, -0.15) is 0 Å². The van der Waals surface area contributed by atoms with E-state index in [4.69, 9.17) is 23.2 Å². The molecule has 0 heterocycles. The minimum Gasteiger partial charge on any atom is -0.385 e. The average molecular weight is 257 g/mol. The molecule has 2 aliphatic carbocycles. The van der Waals surface area contributed by atoms with Crippen molar-refractivity contribution in [3.63, 3.8) is 0 Å². The van der Waals surface area contributed by atoms with Crippen molar-refractivity contribution in [3.8, 4) is 0 Å². The fraction of sp³-hybridized carbons (Fsp3) is 0.538. The van der Waals surface area contributed by atoms with Gasteiger partial charge >= 0.3 is 0 Å². The number of halogens is 2. The van der Waals surface area contributed by atoms with E-state index >= 15 is 0 Å². The fourth-order valence-corrected chi connectivity index (χ4v) is 3.76. The highest BCUT2D eigenvalue weighted by Crippen LogP contribution is 2.65. The summed E-state index contributed by atoms with van der Waals surface area (Å²) >= 11 is 12.2. The zero-order chi connectivity index (χ0) is 11.3. The molecule has 86 valence electrons. The Balaban J connectivity index is 2.01. The zero-order valence-electron chi connectivity index (χ0n) is 8.92. The Bertz CT molecular complexity index is 418. The van der Waals surface area contributed by atoms with Crippen LogP contribution in [0.15, 0.2) is 18.2 Å². The number of rotatable bonds is 1. The molecule has 1 aromatic rings. The lowest BCUT2D eigenvalue weighted by molar-refractivity contribution is 0.118. The van der Waals surface area contributed by atoms with E-state index in [0.29, 0.717) is 21.9 Å². The van der Waals surface area contributed by atoms with Crippen LogP contribution < -0.4 is 0 Å². The maximum absolute atomic E-state index is 10.7. The molecule has 0 aliphatic heterocycles. The minimum atomic E-state index is -0.696. The van der Waals surface area contributed by atoms with Gasteiger partial charge in [-0.15, -0.1) is 0 Å². The third-order valence-corrected chi connectivity index (χ3v) is 4.99. The molecule has 3 heteroatoms. The van der Waals surface area contributed by atoms with Crippen molar-refractivity contribution in [2.45, 2.75) is 31.3 Å². The van der Waals surface area contributed by atoms with E-state index in [1.54, 1.807) is 6.07 Å². The normalized spacial score (nSPS) is 36.9. The van der Waals surface area contributed by atoms with E-state index in [0.717, 1.165) is 18.4 Å². The molecule has 2 aliphatic rings. The van der Waals surface area contributed by atoms with Crippen LogP contribution in [0.5, 0.6) is 0 Å². The van der Waals surface area contributed by atoms with Crippen molar-refractivity contribution in [1.82, 2.24) is 0 Å². The van der Waals surface area contributed by atoms with Gasteiger partial charge in [-0.1, -0.05) is 48.2 Å². The van der Waals surface area contributed by atoms with Gasteiger partial charge in [0.15, 0.2) is 0 Å². The van der Waals surface area contributed by atoms with E-state index < -0.39 is 5.60 Å². The second-order valence-electron chi connectivity index (χ2n) is 4.92. The molecule has 0 bridgehead atoms. The Hall–Kier alpha value is -0.240. The lowest BCUT2D eigenvalue weighted by Crippen LogP contribution is -2.11. The van der Waals surface area contributed by atoms with Crippen molar-refractivity contribution < 1.29 is 5.11 Å². The predicted molar refractivity (Wildman–Crippen MR) is 65.8 cm³/mol. The van der Waals surface area contributed by atoms with Crippen LogP contribution in [0.1, 0.15) is 31.2 Å². The van der Waals surface area contributed by atoms with E-state index in [9.17, 15) is 5.11 Å². The largest absolute Gasteiger partial charge is 0.385 e. The van der Waals surface area contributed by atoms with Gasteiger partial charge in [-0.3, -0.25) is 0 Å². The van der Waals surface area contributed by atoms with Gasteiger partial charge in [0.05, 0.1) is 15.6 Å². The molecule has 1 aromatic carbocycles. The maximum atomic E-state index is 10.7. The van der Waals surface area contributed by atoms with E-state index in [-0.39, 0.29) is 0 Å². The summed E-state index contributed by atoms with van der Waals surface area (Å²) in [5.74, 6) is 0.800. The van der Waals surface area contributed by atoms with Crippen LogP contribution >= 0.6 is 23.2 Å². The van der Waals surface area contributed by atoms with Gasteiger partial charge in [-0.25, -0.2) is 0 Å². The number of aliphatic hydroxyl groups is 1. The molecule has 16 heavy (non-hydrogen) atoms. The summed E-state index contributed by atoms with van der Waals surface area (Å²) < 4.78 is 0. The van der Waals surface area contributed by atoms with Gasteiger partial charge in [0, 0.05) is 5.56 Å². The summed E-state index contributed by atoms with van der Waals surface area (Å²) in [5, 5.41) is 11.8. The van der Waals surface area contributed by atoms with E-state index in [1.165, 1.54) is 12.8 Å². The van der Waals surface area contributed by atoms with E-state index in [1.807, 2.05) is 12.1 Å². The molecule has 2 fully saturated rings. The Morgan fingerprint density at radius 1 is 1.12 bits per heavy atom. The summed E-state index contributed by atoms with van der Waals surface area (Å²) in [7, 11) is 0. The first-order chi connectivity index (χ1) is 7.65. The minimum absolute atomic E-state index is 0.400. The number of fused-ring (bicyclic) bond motifs is 1. The van der Waals surface area contributed by atoms with Crippen LogP contribution in [0.4, 0.5) is 0 Å². The maximum Gasteiger partial charge on any atom is 0.0975 e. The summed E-state index contributed by atoms with van der Waals surface area (Å²) in [6.07, 6.45) is 4.68. The van der Waals surface area contributed by atoms with Crippen LogP contribution in [0, 0.1) is 11.8 Å². The molecule has 0 radical (unpaired) electrons. The molecule has 1 N–H and O–H groups in total. The lowest BCUT2D eigenvalue weighted by Gasteiger charge is -2.13. The third-order valence-electron chi connectivity index (χ3n) is 4.17. The second kappa shape index (κ2) is 3.63. The number of benzene rings is 1. The van der Waals surface area contributed by atoms with Crippen LogP contribution in [0.2, 0.25) is 10.0 Å². The third kappa shape index (κ3) is 1.35. The summed E-state index contributed by atoms with van der Waals surface area (Å²) in [4.78, 5) is 0. The van der Waals surface area contributed by atoms with Crippen LogP contribution in [-0.4, -0.2) is 5.11 Å². The van der Waals surface area contributed by atoms with Crippen molar-refractivity contribution >= 4 is 23.2 Å². The van der Waals surface area contributed by atoms with Crippen molar-refractivity contribution in [1.29, 1.82) is 0 Å². The van der Waals surface area contributed by atoms with Gasteiger partial charge in [-0.05, 0) is 30.7 Å². The standard InChI is InChI=1S/C13H14Cl2O/c14-11-7-3-6-10(12(11)15)13(16)8-4-1-2-5-9(8)13/h3,6-9,16H,1-2,4-5H2. The molecule has 2 atom stereocenters. The van der Waals surface area contributed by atoms with Crippen LogP contribution in [0.25, 0.3) is 0 Å². The number of hydrogen-bond acceptors (Lipinski definition) is 1. The van der Waals surface area contributed by atoms with Gasteiger partial charge in [0.1, 0.15) is 0 Å². The number of hydrogen-bond donors (Lipinski definition) is 1. The molecule has 0 spiro atoms. The van der Waals surface area contributed by atoms with Crippen LogP contribution in [0.3, 0.4) is 0 Å². The zero-order valence-corrected chi connectivity index (χ0v) is 10.4. The smallest absolute Gasteiger partial charge is 0.0975 e. The molecule has 0 aromatic heterocycles. The van der Waals surface area contributed by atoms with Crippen molar-refractivity contribution in [2.24, 2.45) is 11.8 Å². The molecular weight excluding hydrogens is 243 g/mol. The molecular formula is C13H14Cl2O. The molecule has 2 unspecified atom stereocenters. The molecule has 1 nitrogen and oxygen atoms in total. The van der Waals surface area contributed by atoms with Crippen molar-refractivity contribution in [3.05, 3.63) is 33.8 Å². The lowest BCUT2D eigenvalue weighted by atomic mass is 10.0. The Labute approximate surface area is 105 Å². The van der Waals surface area contributed by atoms with Gasteiger partial charge < -0.3 is 5.11 Å².